The second-order valence-corrected chi connectivity index (χ2v) is 10.3. The smallest absolute Gasteiger partial charge is 0.328 e. The van der Waals surface area contributed by atoms with Crippen molar-refractivity contribution in [3.05, 3.63) is 108 Å². The molecule has 0 atom stereocenters. The number of anilines is 1. The molecule has 1 fully saturated rings. The molecule has 0 radical (unpaired) electrons. The van der Waals surface area contributed by atoms with Crippen LogP contribution >= 0.6 is 0 Å². The summed E-state index contributed by atoms with van der Waals surface area (Å²) in [4.78, 5) is 24.7. The zero-order chi connectivity index (χ0) is 25.5. The topological polar surface area (TPSA) is 107 Å². The first-order chi connectivity index (χ1) is 17.3. The summed E-state index contributed by atoms with van der Waals surface area (Å²) in [5.74, 6) is -1.85. The van der Waals surface area contributed by atoms with E-state index < -0.39 is 21.9 Å². The molecule has 0 bridgehead atoms. The maximum Gasteiger partial charge on any atom is 0.328 e. The number of hydrogen-bond acceptors (Lipinski definition) is 5. The normalized spacial score (nSPS) is 15.2. The highest BCUT2D eigenvalue weighted by atomic mass is 32.2. The fourth-order valence-electron chi connectivity index (χ4n) is 4.28. The van der Waals surface area contributed by atoms with Gasteiger partial charge in [0.05, 0.1) is 10.9 Å². The van der Waals surface area contributed by atoms with E-state index in [4.69, 9.17) is 5.11 Å². The summed E-state index contributed by atoms with van der Waals surface area (Å²) in [6, 6.07) is 26.3. The molecule has 1 amide bonds. The molecule has 3 aromatic carbocycles. The summed E-state index contributed by atoms with van der Waals surface area (Å²) >= 11 is 0. The number of carbonyl (C=O) groups is 2. The Morgan fingerprint density at radius 1 is 0.778 bits per heavy atom. The second kappa shape index (κ2) is 11.3. The largest absolute Gasteiger partial charge is 0.478 e. The lowest BCUT2D eigenvalue weighted by Gasteiger charge is -2.39. The molecule has 8 nitrogen and oxygen atoms in total. The third kappa shape index (κ3) is 6.06. The summed E-state index contributed by atoms with van der Waals surface area (Å²) in [7, 11) is -3.70. The zero-order valence-corrected chi connectivity index (χ0v) is 20.3. The molecule has 0 aromatic heterocycles. The lowest BCUT2D eigenvalue weighted by molar-refractivity contribution is -0.131. The molecule has 1 saturated heterocycles. The molecule has 1 aliphatic rings. The van der Waals surface area contributed by atoms with Gasteiger partial charge in [-0.1, -0.05) is 60.7 Å². The van der Waals surface area contributed by atoms with Gasteiger partial charge in [0.2, 0.25) is 15.9 Å². The van der Waals surface area contributed by atoms with Crippen molar-refractivity contribution in [2.24, 2.45) is 0 Å². The molecule has 3 aromatic rings. The van der Waals surface area contributed by atoms with Crippen molar-refractivity contribution in [3.8, 4) is 0 Å². The number of rotatable bonds is 8. The molecule has 0 unspecified atom stereocenters. The Balaban J connectivity index is 1.44. The maximum atomic E-state index is 13.3. The van der Waals surface area contributed by atoms with Crippen molar-refractivity contribution in [1.29, 1.82) is 0 Å². The van der Waals surface area contributed by atoms with Crippen molar-refractivity contribution in [3.63, 3.8) is 0 Å². The van der Waals surface area contributed by atoms with Gasteiger partial charge in [0, 0.05) is 44.0 Å². The van der Waals surface area contributed by atoms with Crippen molar-refractivity contribution in [1.82, 2.24) is 9.21 Å². The van der Waals surface area contributed by atoms with Gasteiger partial charge in [-0.3, -0.25) is 9.69 Å². The molecule has 0 spiro atoms. The van der Waals surface area contributed by atoms with Crippen LogP contribution in [0.25, 0.3) is 0 Å². The lowest BCUT2D eigenvalue weighted by Crippen LogP contribution is -2.49. The summed E-state index contributed by atoms with van der Waals surface area (Å²) in [6.07, 6.45) is 1.62. The van der Waals surface area contributed by atoms with Gasteiger partial charge in [0.1, 0.15) is 0 Å². The summed E-state index contributed by atoms with van der Waals surface area (Å²) in [5.41, 5.74) is 2.69. The van der Waals surface area contributed by atoms with Gasteiger partial charge in [-0.05, 0) is 35.4 Å². The van der Waals surface area contributed by atoms with Gasteiger partial charge in [0.25, 0.3) is 0 Å². The lowest BCUT2D eigenvalue weighted by atomic mass is 9.96. The molecule has 186 valence electrons. The number of nitrogens with zero attached hydrogens (tertiary/aromatic N) is 2. The van der Waals surface area contributed by atoms with E-state index in [1.54, 1.807) is 0 Å². The Morgan fingerprint density at radius 2 is 1.31 bits per heavy atom. The number of piperazine rings is 1. The first kappa shape index (κ1) is 25.3. The molecule has 36 heavy (non-hydrogen) atoms. The van der Waals surface area contributed by atoms with E-state index in [1.165, 1.54) is 28.6 Å². The number of sulfonamides is 1. The van der Waals surface area contributed by atoms with E-state index in [0.717, 1.165) is 23.3 Å². The van der Waals surface area contributed by atoms with Gasteiger partial charge in [-0.25, -0.2) is 13.2 Å². The number of amides is 1. The van der Waals surface area contributed by atoms with Crippen LogP contribution in [-0.2, 0) is 19.6 Å². The highest BCUT2D eigenvalue weighted by molar-refractivity contribution is 7.89. The Morgan fingerprint density at radius 3 is 1.81 bits per heavy atom. The highest BCUT2D eigenvalue weighted by Crippen LogP contribution is 2.30. The van der Waals surface area contributed by atoms with Crippen molar-refractivity contribution < 1.29 is 23.1 Å². The van der Waals surface area contributed by atoms with Crippen molar-refractivity contribution in [2.45, 2.75) is 10.9 Å². The number of hydrogen-bond donors (Lipinski definition) is 2. The van der Waals surface area contributed by atoms with Crippen LogP contribution < -0.4 is 5.32 Å². The highest BCUT2D eigenvalue weighted by Gasteiger charge is 2.32. The molecule has 4 rings (SSSR count). The fraction of sp³-hybridized carbons (Fsp3) is 0.185. The molecule has 1 aliphatic heterocycles. The third-order valence-corrected chi connectivity index (χ3v) is 7.92. The minimum atomic E-state index is -3.70. The van der Waals surface area contributed by atoms with Crippen LogP contribution in [0.2, 0.25) is 0 Å². The molecule has 1 heterocycles. The molecule has 0 aliphatic carbocycles. The van der Waals surface area contributed by atoms with Gasteiger partial charge < -0.3 is 10.4 Å². The molecule has 2 N–H and O–H groups in total. The van der Waals surface area contributed by atoms with Crippen LogP contribution in [0.3, 0.4) is 0 Å². The first-order valence-electron chi connectivity index (χ1n) is 11.5. The predicted molar refractivity (Wildman–Crippen MR) is 137 cm³/mol. The monoisotopic (exact) mass is 505 g/mol. The van der Waals surface area contributed by atoms with E-state index >= 15 is 0 Å². The third-order valence-electron chi connectivity index (χ3n) is 6.01. The van der Waals surface area contributed by atoms with E-state index in [2.05, 4.69) is 34.5 Å². The average Bonchev–Trinajstić information content (AvgIpc) is 2.90. The minimum Gasteiger partial charge on any atom is -0.478 e. The van der Waals surface area contributed by atoms with Gasteiger partial charge in [-0.15, -0.1) is 0 Å². The van der Waals surface area contributed by atoms with E-state index in [0.29, 0.717) is 31.9 Å². The Bertz CT molecular complexity index is 1280. The Labute approximate surface area is 210 Å². The Hall–Kier alpha value is -3.79. The summed E-state index contributed by atoms with van der Waals surface area (Å²) in [5, 5.41) is 11.1. The molecular formula is C27H27N3O5S. The number of carboxylic acids is 1. The fourth-order valence-corrected chi connectivity index (χ4v) is 5.70. The SMILES string of the molecule is O=C(O)/C=C/C(=O)Nc1ccc(S(=O)(=O)N2CCN(C(c3ccccc3)c3ccccc3)CC2)cc1. The predicted octanol–water partition coefficient (Wildman–Crippen LogP) is 3.36. The van der Waals surface area contributed by atoms with Gasteiger partial charge in [-0.2, -0.15) is 4.31 Å². The van der Waals surface area contributed by atoms with Crippen LogP contribution in [0.1, 0.15) is 17.2 Å². The van der Waals surface area contributed by atoms with Crippen LogP contribution in [-0.4, -0.2) is 60.8 Å². The van der Waals surface area contributed by atoms with Crippen LogP contribution in [0.5, 0.6) is 0 Å². The van der Waals surface area contributed by atoms with Crippen LogP contribution in [0.4, 0.5) is 5.69 Å². The van der Waals surface area contributed by atoms with E-state index in [-0.39, 0.29) is 10.9 Å². The van der Waals surface area contributed by atoms with Gasteiger partial charge >= 0.3 is 5.97 Å². The van der Waals surface area contributed by atoms with E-state index in [1.807, 2.05) is 36.4 Å². The first-order valence-corrected chi connectivity index (χ1v) is 12.9. The second-order valence-electron chi connectivity index (χ2n) is 8.35. The number of carbonyl (C=O) groups excluding carboxylic acids is 1. The summed E-state index contributed by atoms with van der Waals surface area (Å²) < 4.78 is 28.0. The number of aliphatic carboxylic acids is 1. The number of nitrogens with one attached hydrogen (secondary N) is 1. The van der Waals surface area contributed by atoms with Crippen LogP contribution in [0.15, 0.2) is 102 Å². The molecule has 9 heteroatoms. The quantitative estimate of drug-likeness (QED) is 0.455. The minimum absolute atomic E-state index is 0.0373. The van der Waals surface area contributed by atoms with Gasteiger partial charge in [0.15, 0.2) is 0 Å². The standard InChI is InChI=1S/C27H27N3O5S/c31-25(15-16-26(32)33)28-23-11-13-24(14-12-23)36(34,35)30-19-17-29(18-20-30)27(21-7-3-1-4-8-21)22-9-5-2-6-10-22/h1-16,27H,17-20H2,(H,28,31)(H,32,33)/b16-15+. The molecule has 0 saturated carbocycles. The zero-order valence-electron chi connectivity index (χ0n) is 19.5. The van der Waals surface area contributed by atoms with Crippen LogP contribution in [0, 0.1) is 0 Å². The average molecular weight is 506 g/mol. The Kier molecular flexibility index (Phi) is 7.94. The summed E-state index contributed by atoms with van der Waals surface area (Å²) in [6.45, 7) is 1.88. The maximum absolute atomic E-state index is 13.3. The molecular weight excluding hydrogens is 478 g/mol. The van der Waals surface area contributed by atoms with Crippen molar-refractivity contribution in [2.75, 3.05) is 31.5 Å². The number of carboxylic acid groups (broad SMARTS) is 1. The van der Waals surface area contributed by atoms with E-state index in [9.17, 15) is 18.0 Å². The van der Waals surface area contributed by atoms with Crippen molar-refractivity contribution >= 4 is 27.6 Å². The number of benzene rings is 3.